The highest BCUT2D eigenvalue weighted by Crippen LogP contribution is 2.52. The van der Waals surface area contributed by atoms with Crippen LogP contribution in [0.25, 0.3) is 32.1 Å². The summed E-state index contributed by atoms with van der Waals surface area (Å²) in [4.78, 5) is 28.5. The average molecular weight is 780 g/mol. The van der Waals surface area contributed by atoms with Gasteiger partial charge in [-0.2, -0.15) is 15.2 Å². The third kappa shape index (κ3) is 5.64. The number of likely N-dealkylation sites (tertiary alicyclic amines) is 1. The first-order valence-corrected chi connectivity index (χ1v) is 19.6. The Morgan fingerprint density at radius 1 is 1.26 bits per heavy atom. The van der Waals surface area contributed by atoms with Crippen LogP contribution in [0, 0.1) is 28.9 Å². The summed E-state index contributed by atoms with van der Waals surface area (Å²) in [5.41, 5.74) is 5.57. The van der Waals surface area contributed by atoms with Gasteiger partial charge in [-0.05, 0) is 64.3 Å². The summed E-state index contributed by atoms with van der Waals surface area (Å²) in [6.45, 7) is 9.90. The lowest BCUT2D eigenvalue weighted by atomic mass is 9.81. The van der Waals surface area contributed by atoms with E-state index in [0.29, 0.717) is 38.3 Å². The number of nitrogen functional groups attached to an aromatic ring is 1. The minimum atomic E-state index is -0.971. The van der Waals surface area contributed by atoms with Gasteiger partial charge in [0.25, 0.3) is 0 Å². The van der Waals surface area contributed by atoms with Gasteiger partial charge in [0.1, 0.15) is 47.1 Å². The molecule has 284 valence electrons. The Bertz CT molecular complexity index is 2260. The highest BCUT2D eigenvalue weighted by molar-refractivity contribution is 7.23. The minimum absolute atomic E-state index is 0.0178. The molecular formula is C39H41ClF3N7O3S. The van der Waals surface area contributed by atoms with Crippen LogP contribution < -0.4 is 20.1 Å². The normalized spacial score (nSPS) is 25.8. The summed E-state index contributed by atoms with van der Waals surface area (Å²) in [7, 11) is 0. The van der Waals surface area contributed by atoms with Gasteiger partial charge < -0.3 is 25.0 Å². The van der Waals surface area contributed by atoms with Crippen molar-refractivity contribution in [1.29, 1.82) is 5.26 Å². The number of nitrogens with two attached hydrogens (primary N) is 1. The van der Waals surface area contributed by atoms with Crippen LogP contribution in [0.3, 0.4) is 0 Å². The number of hydrogen-bond acceptors (Lipinski definition) is 10. The maximum absolute atomic E-state index is 17.5. The number of nitriles is 1. The summed E-state index contributed by atoms with van der Waals surface area (Å²) >= 11 is 8.08. The maximum atomic E-state index is 17.5. The van der Waals surface area contributed by atoms with Gasteiger partial charge in [-0.1, -0.05) is 30.7 Å². The molecule has 15 heteroatoms. The number of anilines is 2. The van der Waals surface area contributed by atoms with Gasteiger partial charge >= 0.3 is 6.01 Å². The smallest absolute Gasteiger partial charge is 0.319 e. The number of amides is 1. The molecule has 6 atom stereocenters. The van der Waals surface area contributed by atoms with Crippen LogP contribution in [0.1, 0.15) is 58.9 Å². The number of hydrogen-bond donors (Lipinski definition) is 1. The largest absolute Gasteiger partial charge is 0.486 e. The fourth-order valence-electron chi connectivity index (χ4n) is 9.27. The second-order valence-corrected chi connectivity index (χ2v) is 16.4. The van der Waals surface area contributed by atoms with Crippen molar-refractivity contribution in [3.05, 3.63) is 46.5 Å². The highest BCUT2D eigenvalue weighted by atomic mass is 35.5. The molecule has 2 aromatic heterocycles. The van der Waals surface area contributed by atoms with Gasteiger partial charge in [-0.3, -0.25) is 9.69 Å². The first kappa shape index (κ1) is 36.6. The standard InChI is InChI=1S/C39H41ClF3N7O3S/c1-5-8-27(51)49-17-24(20(49)4)26(6-2)50-15-19(3)53-34-30-33(46-38(47-37(30)50)52-18-39-11-7-12-48(39)16-21(41)13-39)32(43)29(31(34)40)22-9-10-25(42)35-28(22)23(14-44)36(45)54-35/h5,8-10,19-21,24,26H,6-7,11-13,15-18,45H2,1-4H3/b8-5+/t19?,20?,21-,24-,26?,39+/m1/s1. The van der Waals surface area contributed by atoms with Crippen LogP contribution in [0.15, 0.2) is 24.3 Å². The third-order valence-electron chi connectivity index (χ3n) is 11.8. The SMILES string of the molecule is C/C=C/C(=O)N1C[C@@H](C(CC)N2CC(C)Oc3c(Cl)c(-c4ccc(F)c5sc(N)c(C#N)c45)c(F)c4nc(OC[C@@]56CCCN5C[C@H](F)C6)nc2c34)C1C. The van der Waals surface area contributed by atoms with E-state index in [4.69, 9.17) is 31.8 Å². The molecule has 4 aromatic rings. The number of rotatable bonds is 8. The van der Waals surface area contributed by atoms with Gasteiger partial charge in [0, 0.05) is 48.5 Å². The molecular weight excluding hydrogens is 739 g/mol. The van der Waals surface area contributed by atoms with E-state index < -0.39 is 29.4 Å². The summed E-state index contributed by atoms with van der Waals surface area (Å²) in [5, 5.41) is 10.4. The molecule has 8 rings (SSSR count). The number of fused-ring (bicyclic) bond motifs is 2. The number of thiophene rings is 1. The van der Waals surface area contributed by atoms with Crippen molar-refractivity contribution in [3.63, 3.8) is 0 Å². The summed E-state index contributed by atoms with van der Waals surface area (Å²) in [5.74, 6) is -0.912. The molecule has 3 fully saturated rings. The Kier molecular flexibility index (Phi) is 9.34. The average Bonchev–Trinajstić information content (AvgIpc) is 3.76. The number of alkyl halides is 1. The Labute approximate surface area is 320 Å². The lowest BCUT2D eigenvalue weighted by Crippen LogP contribution is -2.64. The predicted molar refractivity (Wildman–Crippen MR) is 204 cm³/mol. The zero-order valence-corrected chi connectivity index (χ0v) is 32.0. The van der Waals surface area contributed by atoms with Crippen molar-refractivity contribution < 1.29 is 27.4 Å². The van der Waals surface area contributed by atoms with Crippen molar-refractivity contribution in [3.8, 4) is 29.0 Å². The molecule has 2 N–H and O–H groups in total. The van der Waals surface area contributed by atoms with Crippen molar-refractivity contribution >= 4 is 60.7 Å². The molecule has 3 unspecified atom stereocenters. The van der Waals surface area contributed by atoms with Gasteiger partial charge in [0.05, 0.1) is 32.8 Å². The number of allylic oxidation sites excluding steroid dienone is 1. The van der Waals surface area contributed by atoms with Crippen LogP contribution in [0.4, 0.5) is 24.0 Å². The number of halogens is 4. The van der Waals surface area contributed by atoms with E-state index in [1.165, 1.54) is 12.1 Å². The second kappa shape index (κ2) is 13.8. The minimum Gasteiger partial charge on any atom is -0.486 e. The zero-order valence-electron chi connectivity index (χ0n) is 30.5. The zero-order chi connectivity index (χ0) is 38.2. The van der Waals surface area contributed by atoms with Crippen molar-refractivity contribution in [2.24, 2.45) is 5.92 Å². The predicted octanol–water partition coefficient (Wildman–Crippen LogP) is 7.64. The molecule has 6 heterocycles. The molecule has 0 spiro atoms. The van der Waals surface area contributed by atoms with E-state index in [2.05, 4.69) is 21.7 Å². The van der Waals surface area contributed by atoms with Crippen LogP contribution in [0.5, 0.6) is 11.8 Å². The number of carbonyl (C=O) groups excluding carboxylic acids is 1. The van der Waals surface area contributed by atoms with Crippen LogP contribution >= 0.6 is 22.9 Å². The van der Waals surface area contributed by atoms with E-state index in [1.54, 1.807) is 12.2 Å². The first-order valence-electron chi connectivity index (χ1n) is 18.4. The number of benzene rings is 2. The molecule has 0 bridgehead atoms. The molecule has 2 aromatic carbocycles. The van der Waals surface area contributed by atoms with E-state index in [9.17, 15) is 14.4 Å². The molecule has 1 amide bonds. The topological polar surface area (TPSA) is 121 Å². The molecule has 0 aliphatic carbocycles. The van der Waals surface area contributed by atoms with E-state index in [1.807, 2.05) is 31.7 Å². The maximum Gasteiger partial charge on any atom is 0.319 e. The van der Waals surface area contributed by atoms with Crippen molar-refractivity contribution in [2.45, 2.75) is 83.3 Å². The molecule has 4 aliphatic heterocycles. The van der Waals surface area contributed by atoms with Crippen LogP contribution in [0.2, 0.25) is 5.02 Å². The first-order chi connectivity index (χ1) is 25.9. The van der Waals surface area contributed by atoms with Gasteiger partial charge in [-0.25, -0.2) is 13.2 Å². The number of aromatic nitrogens is 2. The fraction of sp³-hybridized carbons (Fsp3) is 0.487. The molecule has 4 aliphatic rings. The van der Waals surface area contributed by atoms with E-state index in [-0.39, 0.29) is 90.0 Å². The Hall–Kier alpha value is -4.32. The lowest BCUT2D eigenvalue weighted by Gasteiger charge is -2.52. The van der Waals surface area contributed by atoms with E-state index in [0.717, 1.165) is 30.7 Å². The lowest BCUT2D eigenvalue weighted by molar-refractivity contribution is -0.138. The number of carbonyl (C=O) groups is 1. The van der Waals surface area contributed by atoms with Gasteiger partial charge in [-0.15, -0.1) is 11.3 Å². The molecule has 0 saturated carbocycles. The fourth-order valence-corrected chi connectivity index (χ4v) is 10.5. The Balaban J connectivity index is 1.32. The van der Waals surface area contributed by atoms with E-state index >= 15 is 8.78 Å². The number of ether oxygens (including phenoxy) is 2. The second-order valence-electron chi connectivity index (χ2n) is 15.0. The monoisotopic (exact) mass is 779 g/mol. The third-order valence-corrected chi connectivity index (χ3v) is 13.2. The summed E-state index contributed by atoms with van der Waals surface area (Å²) in [6, 6.07) is 4.32. The van der Waals surface area contributed by atoms with Crippen molar-refractivity contribution in [1.82, 2.24) is 19.8 Å². The van der Waals surface area contributed by atoms with Gasteiger partial charge in [0.15, 0.2) is 11.6 Å². The summed E-state index contributed by atoms with van der Waals surface area (Å²) < 4.78 is 60.4. The summed E-state index contributed by atoms with van der Waals surface area (Å²) in [6.07, 6.45) is 4.52. The Morgan fingerprint density at radius 2 is 2.06 bits per heavy atom. The number of nitrogens with zero attached hydrogens (tertiary/aromatic N) is 6. The Morgan fingerprint density at radius 3 is 2.78 bits per heavy atom. The highest BCUT2D eigenvalue weighted by Gasteiger charge is 2.50. The van der Waals surface area contributed by atoms with Crippen LogP contribution in [-0.2, 0) is 4.79 Å². The molecule has 54 heavy (non-hydrogen) atoms. The molecule has 3 saturated heterocycles. The van der Waals surface area contributed by atoms with Crippen molar-refractivity contribution in [2.75, 3.05) is 43.4 Å². The quantitative estimate of drug-likeness (QED) is 0.180. The molecule has 0 radical (unpaired) electrons. The van der Waals surface area contributed by atoms with Gasteiger partial charge in [0.2, 0.25) is 5.91 Å². The molecule has 10 nitrogen and oxygen atoms in total. The van der Waals surface area contributed by atoms with Crippen LogP contribution in [-0.4, -0.2) is 88.4 Å².